The summed E-state index contributed by atoms with van der Waals surface area (Å²) in [6.07, 6.45) is 0.328. The van der Waals surface area contributed by atoms with Crippen LogP contribution in [0.1, 0.15) is 37.6 Å². The van der Waals surface area contributed by atoms with Crippen LogP contribution in [-0.4, -0.2) is 34.4 Å². The maximum absolute atomic E-state index is 11.8. The molecule has 1 rings (SSSR count). The van der Waals surface area contributed by atoms with Gasteiger partial charge in [-0.2, -0.15) is 0 Å². The molecule has 2 unspecified atom stereocenters. The van der Waals surface area contributed by atoms with Gasteiger partial charge in [0.15, 0.2) is 0 Å². The number of amides is 2. The summed E-state index contributed by atoms with van der Waals surface area (Å²) < 4.78 is 0. The van der Waals surface area contributed by atoms with Crippen LogP contribution in [0.2, 0.25) is 0 Å². The van der Waals surface area contributed by atoms with Crippen molar-refractivity contribution in [3.05, 3.63) is 22.4 Å². The van der Waals surface area contributed by atoms with Gasteiger partial charge in [0.2, 0.25) is 0 Å². The molecule has 4 N–H and O–H groups in total. The third-order valence-electron chi connectivity index (χ3n) is 2.76. The number of hydrogen-bond donors (Lipinski definition) is 4. The fourth-order valence-corrected chi connectivity index (χ4v) is 2.59. The Morgan fingerprint density at radius 2 is 2.20 bits per heavy atom. The summed E-state index contributed by atoms with van der Waals surface area (Å²) in [5.74, 6) is -1.11. The molecule has 0 spiro atoms. The van der Waals surface area contributed by atoms with Crippen LogP contribution in [0, 0.1) is 0 Å². The molecular weight excluding hydrogens is 280 g/mol. The van der Waals surface area contributed by atoms with Crippen molar-refractivity contribution in [2.45, 2.75) is 38.3 Å². The average molecular weight is 300 g/mol. The first-order chi connectivity index (χ1) is 9.34. The SMILES string of the molecule is CCC(NC(=O)NCC(C)(O)CC(=O)O)c1cccs1. The number of hydrogen-bond acceptors (Lipinski definition) is 4. The number of carbonyl (C=O) groups is 2. The van der Waals surface area contributed by atoms with E-state index < -0.39 is 24.0 Å². The molecule has 0 saturated carbocycles. The molecule has 0 bridgehead atoms. The molecule has 0 aliphatic rings. The van der Waals surface area contributed by atoms with Crippen molar-refractivity contribution >= 4 is 23.3 Å². The average Bonchev–Trinajstić information content (AvgIpc) is 2.85. The molecule has 1 aromatic heterocycles. The molecule has 7 heteroatoms. The molecule has 0 radical (unpaired) electrons. The lowest BCUT2D eigenvalue weighted by molar-refractivity contribution is -0.141. The summed E-state index contributed by atoms with van der Waals surface area (Å²) in [5, 5.41) is 25.7. The van der Waals surface area contributed by atoms with E-state index in [2.05, 4.69) is 10.6 Å². The highest BCUT2D eigenvalue weighted by molar-refractivity contribution is 7.10. The van der Waals surface area contributed by atoms with Crippen LogP contribution in [0.3, 0.4) is 0 Å². The maximum Gasteiger partial charge on any atom is 0.315 e. The third-order valence-corrected chi connectivity index (χ3v) is 3.75. The Kier molecular flexibility index (Phi) is 5.97. The smallest absolute Gasteiger partial charge is 0.315 e. The number of aliphatic carboxylic acids is 1. The van der Waals surface area contributed by atoms with Crippen LogP contribution in [0.5, 0.6) is 0 Å². The van der Waals surface area contributed by atoms with E-state index in [4.69, 9.17) is 5.11 Å². The molecule has 2 amide bonds. The Morgan fingerprint density at radius 3 is 2.70 bits per heavy atom. The molecule has 0 aliphatic carbocycles. The number of nitrogens with one attached hydrogen (secondary N) is 2. The molecule has 6 nitrogen and oxygen atoms in total. The standard InChI is InChI=1S/C13H20N2O4S/c1-3-9(10-5-4-6-20-10)15-12(18)14-8-13(2,19)7-11(16)17/h4-6,9,19H,3,7-8H2,1-2H3,(H,16,17)(H2,14,15,18). The molecule has 112 valence electrons. The second-order valence-corrected chi connectivity index (χ2v) is 5.85. The van der Waals surface area contributed by atoms with Crippen molar-refractivity contribution in [2.75, 3.05) is 6.54 Å². The van der Waals surface area contributed by atoms with Gasteiger partial charge in [-0.1, -0.05) is 13.0 Å². The number of aliphatic hydroxyl groups is 1. The first-order valence-corrected chi connectivity index (χ1v) is 7.24. The summed E-state index contributed by atoms with van der Waals surface area (Å²) in [6, 6.07) is 3.36. The molecule has 0 saturated heterocycles. The number of thiophene rings is 1. The Bertz CT molecular complexity index is 445. The Balaban J connectivity index is 2.45. The summed E-state index contributed by atoms with van der Waals surface area (Å²) in [7, 11) is 0. The second kappa shape index (κ2) is 7.25. The minimum absolute atomic E-state index is 0.0839. The van der Waals surface area contributed by atoms with Crippen molar-refractivity contribution in [1.29, 1.82) is 0 Å². The van der Waals surface area contributed by atoms with Gasteiger partial charge < -0.3 is 20.8 Å². The fourth-order valence-electron chi connectivity index (χ4n) is 1.73. The first-order valence-electron chi connectivity index (χ1n) is 6.36. The molecule has 2 atom stereocenters. The third kappa shape index (κ3) is 5.58. The van der Waals surface area contributed by atoms with E-state index in [1.54, 1.807) is 11.3 Å². The van der Waals surface area contributed by atoms with Gasteiger partial charge in [-0.15, -0.1) is 11.3 Å². The Labute approximate surface area is 121 Å². The normalized spacial score (nSPS) is 15.2. The number of carbonyl (C=O) groups excluding carboxylic acids is 1. The van der Waals surface area contributed by atoms with E-state index >= 15 is 0 Å². The van der Waals surface area contributed by atoms with Crippen molar-refractivity contribution in [3.8, 4) is 0 Å². The summed E-state index contributed by atoms with van der Waals surface area (Å²) >= 11 is 1.56. The molecule has 20 heavy (non-hydrogen) atoms. The van der Waals surface area contributed by atoms with Crippen molar-refractivity contribution in [1.82, 2.24) is 10.6 Å². The van der Waals surface area contributed by atoms with Crippen LogP contribution < -0.4 is 10.6 Å². The van der Waals surface area contributed by atoms with Crippen molar-refractivity contribution in [3.63, 3.8) is 0 Å². The quantitative estimate of drug-likeness (QED) is 0.616. The van der Waals surface area contributed by atoms with Gasteiger partial charge in [-0.05, 0) is 24.8 Å². The van der Waals surface area contributed by atoms with Gasteiger partial charge in [0.1, 0.15) is 0 Å². The highest BCUT2D eigenvalue weighted by Crippen LogP contribution is 2.21. The lowest BCUT2D eigenvalue weighted by Gasteiger charge is -2.23. The minimum atomic E-state index is -1.46. The van der Waals surface area contributed by atoms with Crippen LogP contribution in [0.25, 0.3) is 0 Å². The zero-order valence-corrected chi connectivity index (χ0v) is 12.4. The Morgan fingerprint density at radius 1 is 1.50 bits per heavy atom. The maximum atomic E-state index is 11.8. The molecule has 0 aliphatic heterocycles. The van der Waals surface area contributed by atoms with Gasteiger partial charge >= 0.3 is 12.0 Å². The molecule has 1 heterocycles. The van der Waals surface area contributed by atoms with Gasteiger partial charge in [0, 0.05) is 11.4 Å². The zero-order chi connectivity index (χ0) is 15.2. The van der Waals surface area contributed by atoms with Crippen LogP contribution in [0.4, 0.5) is 4.79 Å². The number of carboxylic acid groups (broad SMARTS) is 1. The zero-order valence-electron chi connectivity index (χ0n) is 11.5. The van der Waals surface area contributed by atoms with E-state index in [1.807, 2.05) is 24.4 Å². The minimum Gasteiger partial charge on any atom is -0.481 e. The first kappa shape index (κ1) is 16.5. The van der Waals surface area contributed by atoms with Crippen LogP contribution in [0.15, 0.2) is 17.5 Å². The Hall–Kier alpha value is -1.60. The lowest BCUT2D eigenvalue weighted by atomic mass is 10.0. The fraction of sp³-hybridized carbons (Fsp3) is 0.538. The summed E-state index contributed by atoms with van der Waals surface area (Å²) in [6.45, 7) is 3.22. The van der Waals surface area contributed by atoms with Crippen LogP contribution >= 0.6 is 11.3 Å². The van der Waals surface area contributed by atoms with E-state index in [-0.39, 0.29) is 12.6 Å². The van der Waals surface area contributed by atoms with E-state index in [0.717, 1.165) is 11.3 Å². The highest BCUT2D eigenvalue weighted by Gasteiger charge is 2.25. The van der Waals surface area contributed by atoms with Crippen molar-refractivity contribution < 1.29 is 19.8 Å². The van der Waals surface area contributed by atoms with Gasteiger partial charge in [-0.25, -0.2) is 4.79 Å². The van der Waals surface area contributed by atoms with Gasteiger partial charge in [-0.3, -0.25) is 4.79 Å². The number of urea groups is 1. The van der Waals surface area contributed by atoms with E-state index in [1.165, 1.54) is 6.92 Å². The molecular formula is C13H20N2O4S. The van der Waals surface area contributed by atoms with Gasteiger partial charge in [0.25, 0.3) is 0 Å². The predicted molar refractivity (Wildman–Crippen MR) is 76.8 cm³/mol. The lowest BCUT2D eigenvalue weighted by Crippen LogP contribution is -2.46. The van der Waals surface area contributed by atoms with Crippen LogP contribution in [-0.2, 0) is 4.79 Å². The molecule has 0 aromatic carbocycles. The van der Waals surface area contributed by atoms with E-state index in [0.29, 0.717) is 0 Å². The second-order valence-electron chi connectivity index (χ2n) is 4.87. The number of rotatable bonds is 7. The number of carboxylic acids is 1. The van der Waals surface area contributed by atoms with E-state index in [9.17, 15) is 14.7 Å². The monoisotopic (exact) mass is 300 g/mol. The summed E-state index contributed by atoms with van der Waals surface area (Å²) in [4.78, 5) is 23.4. The largest absolute Gasteiger partial charge is 0.481 e. The highest BCUT2D eigenvalue weighted by atomic mass is 32.1. The predicted octanol–water partition coefficient (Wildman–Crippen LogP) is 1.72. The van der Waals surface area contributed by atoms with Crippen molar-refractivity contribution in [2.24, 2.45) is 0 Å². The molecule has 0 fully saturated rings. The van der Waals surface area contributed by atoms with Gasteiger partial charge in [0.05, 0.1) is 18.1 Å². The summed E-state index contributed by atoms with van der Waals surface area (Å²) in [5.41, 5.74) is -1.46. The molecule has 1 aromatic rings. The topological polar surface area (TPSA) is 98.7 Å².